The molecule has 0 bridgehead atoms. The molecule has 1 saturated heterocycles. The zero-order valence-electron chi connectivity index (χ0n) is 19.0. The first-order valence-corrected chi connectivity index (χ1v) is 11.3. The average Bonchev–Trinajstić information content (AvgIpc) is 3.34. The number of anilines is 1. The Bertz CT molecular complexity index is 1210. The van der Waals surface area contributed by atoms with Gasteiger partial charge in [0.25, 0.3) is 0 Å². The predicted octanol–water partition coefficient (Wildman–Crippen LogP) is 4.77. The third-order valence-corrected chi connectivity index (χ3v) is 6.41. The van der Waals surface area contributed by atoms with E-state index in [2.05, 4.69) is 83.5 Å². The van der Waals surface area contributed by atoms with Gasteiger partial charge in [-0.3, -0.25) is 15.0 Å². The SMILES string of the molecule is Cc1cc(-c2cn[nH]c2)cc(C2CCN(Cc3cc4ccccc4nc3N(C)C)CC2)n1. The van der Waals surface area contributed by atoms with E-state index in [0.717, 1.165) is 55.1 Å². The molecule has 6 nitrogen and oxygen atoms in total. The number of para-hydroxylation sites is 1. The average molecular weight is 427 g/mol. The van der Waals surface area contributed by atoms with Crippen LogP contribution >= 0.6 is 0 Å². The third kappa shape index (κ3) is 4.23. The standard InChI is InChI=1S/C26H30N6/c1-18-12-21(23-15-27-28-16-23)14-25(29-18)19-8-10-32(11-9-19)17-22-13-20-6-4-5-7-24(20)30-26(22)31(2)3/h4-7,12-16,19H,8-11,17H2,1-3H3,(H,27,28). The zero-order valence-corrected chi connectivity index (χ0v) is 19.0. The van der Waals surface area contributed by atoms with E-state index < -0.39 is 0 Å². The van der Waals surface area contributed by atoms with Gasteiger partial charge in [-0.05, 0) is 62.7 Å². The van der Waals surface area contributed by atoms with Gasteiger partial charge in [0.1, 0.15) is 5.82 Å². The van der Waals surface area contributed by atoms with Gasteiger partial charge in [0.2, 0.25) is 0 Å². The Kier molecular flexibility index (Phi) is 5.62. The molecule has 1 aliphatic rings. The molecule has 0 spiro atoms. The maximum absolute atomic E-state index is 4.93. The molecule has 32 heavy (non-hydrogen) atoms. The summed E-state index contributed by atoms with van der Waals surface area (Å²) in [5.41, 5.74) is 6.94. The summed E-state index contributed by atoms with van der Waals surface area (Å²) in [7, 11) is 4.15. The second kappa shape index (κ2) is 8.71. The summed E-state index contributed by atoms with van der Waals surface area (Å²) in [6.45, 7) is 5.15. The predicted molar refractivity (Wildman–Crippen MR) is 130 cm³/mol. The number of aromatic amines is 1. The van der Waals surface area contributed by atoms with Gasteiger partial charge in [0.15, 0.2) is 0 Å². The number of pyridine rings is 2. The minimum atomic E-state index is 0.500. The first kappa shape index (κ1) is 20.6. The number of hydrogen-bond donors (Lipinski definition) is 1. The number of likely N-dealkylation sites (tertiary alicyclic amines) is 1. The fraction of sp³-hybridized carbons (Fsp3) is 0.346. The molecule has 0 atom stereocenters. The maximum atomic E-state index is 4.93. The second-order valence-electron chi connectivity index (χ2n) is 9.02. The smallest absolute Gasteiger partial charge is 0.133 e. The lowest BCUT2D eigenvalue weighted by molar-refractivity contribution is 0.203. The Morgan fingerprint density at radius 3 is 2.59 bits per heavy atom. The van der Waals surface area contributed by atoms with Crippen molar-refractivity contribution in [1.82, 2.24) is 25.1 Å². The van der Waals surface area contributed by atoms with Crippen molar-refractivity contribution in [3.8, 4) is 11.1 Å². The molecule has 4 heterocycles. The van der Waals surface area contributed by atoms with Gasteiger partial charge >= 0.3 is 0 Å². The van der Waals surface area contributed by atoms with Crippen LogP contribution in [-0.2, 0) is 6.54 Å². The van der Waals surface area contributed by atoms with Crippen LogP contribution < -0.4 is 4.90 Å². The molecule has 164 valence electrons. The summed E-state index contributed by atoms with van der Waals surface area (Å²) in [4.78, 5) is 14.5. The Balaban J connectivity index is 1.31. The topological polar surface area (TPSA) is 60.9 Å². The monoisotopic (exact) mass is 426 g/mol. The van der Waals surface area contributed by atoms with Crippen LogP contribution in [0.15, 0.2) is 54.9 Å². The van der Waals surface area contributed by atoms with E-state index in [-0.39, 0.29) is 0 Å². The van der Waals surface area contributed by atoms with E-state index in [4.69, 9.17) is 9.97 Å². The maximum Gasteiger partial charge on any atom is 0.133 e. The Morgan fingerprint density at radius 1 is 1.03 bits per heavy atom. The number of fused-ring (bicyclic) bond motifs is 1. The van der Waals surface area contributed by atoms with Gasteiger partial charge < -0.3 is 4.90 Å². The summed E-state index contributed by atoms with van der Waals surface area (Å²) < 4.78 is 0. The van der Waals surface area contributed by atoms with E-state index in [0.29, 0.717) is 5.92 Å². The van der Waals surface area contributed by atoms with E-state index >= 15 is 0 Å². The van der Waals surface area contributed by atoms with Crippen molar-refractivity contribution in [2.75, 3.05) is 32.1 Å². The van der Waals surface area contributed by atoms with Gasteiger partial charge in [-0.25, -0.2) is 4.98 Å². The molecule has 0 radical (unpaired) electrons. The highest BCUT2D eigenvalue weighted by Crippen LogP contribution is 2.32. The largest absolute Gasteiger partial charge is 0.362 e. The van der Waals surface area contributed by atoms with Crippen LogP contribution in [0.25, 0.3) is 22.0 Å². The number of rotatable bonds is 5. The van der Waals surface area contributed by atoms with Crippen molar-refractivity contribution in [2.24, 2.45) is 0 Å². The quantitative estimate of drug-likeness (QED) is 0.498. The van der Waals surface area contributed by atoms with Crippen molar-refractivity contribution in [1.29, 1.82) is 0 Å². The molecule has 0 amide bonds. The number of hydrogen-bond acceptors (Lipinski definition) is 5. The zero-order chi connectivity index (χ0) is 22.1. The molecule has 1 aromatic carbocycles. The Hall–Kier alpha value is -3.25. The first-order valence-electron chi connectivity index (χ1n) is 11.3. The number of aromatic nitrogens is 4. The first-order chi connectivity index (χ1) is 15.6. The summed E-state index contributed by atoms with van der Waals surface area (Å²) >= 11 is 0. The molecule has 4 aromatic rings. The molecule has 3 aromatic heterocycles. The van der Waals surface area contributed by atoms with Crippen molar-refractivity contribution in [2.45, 2.75) is 32.2 Å². The molecule has 5 rings (SSSR count). The highest BCUT2D eigenvalue weighted by molar-refractivity contribution is 5.81. The van der Waals surface area contributed by atoms with E-state index in [1.54, 1.807) is 0 Å². The van der Waals surface area contributed by atoms with Crippen LogP contribution in [-0.4, -0.2) is 52.3 Å². The van der Waals surface area contributed by atoms with Crippen molar-refractivity contribution in [3.05, 3.63) is 71.8 Å². The third-order valence-electron chi connectivity index (χ3n) is 6.41. The lowest BCUT2D eigenvalue weighted by Gasteiger charge is -2.32. The minimum Gasteiger partial charge on any atom is -0.362 e. The number of benzene rings is 1. The van der Waals surface area contributed by atoms with Gasteiger partial charge in [-0.2, -0.15) is 5.10 Å². The van der Waals surface area contributed by atoms with E-state index in [1.165, 1.54) is 22.2 Å². The molecular weight excluding hydrogens is 396 g/mol. The number of piperidine rings is 1. The summed E-state index contributed by atoms with van der Waals surface area (Å²) in [5.74, 6) is 1.57. The molecule has 0 unspecified atom stereocenters. The minimum absolute atomic E-state index is 0.500. The number of nitrogens with zero attached hydrogens (tertiary/aromatic N) is 5. The van der Waals surface area contributed by atoms with E-state index in [9.17, 15) is 0 Å². The number of aryl methyl sites for hydroxylation is 1. The lowest BCUT2D eigenvalue weighted by Crippen LogP contribution is -2.33. The lowest BCUT2D eigenvalue weighted by atomic mass is 9.91. The van der Waals surface area contributed by atoms with Crippen LogP contribution in [0, 0.1) is 6.92 Å². The Labute approximate surface area is 189 Å². The van der Waals surface area contributed by atoms with E-state index in [1.807, 2.05) is 12.4 Å². The fourth-order valence-electron chi connectivity index (χ4n) is 4.76. The van der Waals surface area contributed by atoms with Crippen LogP contribution in [0.3, 0.4) is 0 Å². The van der Waals surface area contributed by atoms with Crippen molar-refractivity contribution >= 4 is 16.7 Å². The van der Waals surface area contributed by atoms with Crippen LogP contribution in [0.2, 0.25) is 0 Å². The summed E-state index contributed by atoms with van der Waals surface area (Å²) in [5, 5.41) is 8.22. The molecule has 1 fully saturated rings. The van der Waals surface area contributed by atoms with Crippen molar-refractivity contribution < 1.29 is 0 Å². The molecule has 6 heteroatoms. The molecule has 0 saturated carbocycles. The van der Waals surface area contributed by atoms with Gasteiger partial charge in [0, 0.05) is 60.7 Å². The highest BCUT2D eigenvalue weighted by atomic mass is 15.2. The summed E-state index contributed by atoms with van der Waals surface area (Å²) in [6.07, 6.45) is 6.07. The van der Waals surface area contributed by atoms with Gasteiger partial charge in [-0.15, -0.1) is 0 Å². The van der Waals surface area contributed by atoms with Crippen molar-refractivity contribution in [3.63, 3.8) is 0 Å². The van der Waals surface area contributed by atoms with Crippen LogP contribution in [0.4, 0.5) is 5.82 Å². The van der Waals surface area contributed by atoms with Crippen LogP contribution in [0.1, 0.15) is 35.7 Å². The number of nitrogens with one attached hydrogen (secondary N) is 1. The summed E-state index contributed by atoms with van der Waals surface area (Å²) in [6, 6.07) is 15.1. The van der Waals surface area contributed by atoms with Gasteiger partial charge in [-0.1, -0.05) is 18.2 Å². The highest BCUT2D eigenvalue weighted by Gasteiger charge is 2.23. The normalized spacial score (nSPS) is 15.3. The fourth-order valence-corrected chi connectivity index (χ4v) is 4.76. The molecule has 1 N–H and O–H groups in total. The second-order valence-corrected chi connectivity index (χ2v) is 9.02. The molecular formula is C26H30N6. The van der Waals surface area contributed by atoms with Crippen LogP contribution in [0.5, 0.6) is 0 Å². The number of H-pyrrole nitrogens is 1. The molecule has 1 aliphatic heterocycles. The van der Waals surface area contributed by atoms with Gasteiger partial charge in [0.05, 0.1) is 11.7 Å². The Morgan fingerprint density at radius 2 is 1.84 bits per heavy atom. The molecule has 0 aliphatic carbocycles.